The van der Waals surface area contributed by atoms with E-state index in [0.717, 1.165) is 16.9 Å². The van der Waals surface area contributed by atoms with Gasteiger partial charge in [0.1, 0.15) is 47.3 Å². The van der Waals surface area contributed by atoms with Crippen molar-refractivity contribution in [1.82, 2.24) is 0 Å². The number of esters is 1. The molecule has 3 aromatic rings. The highest BCUT2D eigenvalue weighted by atomic mass is 19.1. The second kappa shape index (κ2) is 11.1. The van der Waals surface area contributed by atoms with Gasteiger partial charge in [0, 0.05) is 35.8 Å². The zero-order chi connectivity index (χ0) is 25.8. The van der Waals surface area contributed by atoms with E-state index in [1.165, 1.54) is 13.2 Å². The van der Waals surface area contributed by atoms with Crippen LogP contribution in [-0.2, 0) is 20.7 Å². The molecule has 0 saturated carbocycles. The molecule has 2 atom stereocenters. The number of benzene rings is 3. The van der Waals surface area contributed by atoms with Gasteiger partial charge in [0.25, 0.3) is 0 Å². The zero-order valence-corrected chi connectivity index (χ0v) is 20.8. The molecule has 1 heterocycles. The minimum Gasteiger partial charge on any atom is -0.492 e. The van der Waals surface area contributed by atoms with Crippen LogP contribution in [0.5, 0.6) is 28.7 Å². The average Bonchev–Trinajstić information content (AvgIpc) is 3.51. The van der Waals surface area contributed by atoms with Crippen LogP contribution < -0.4 is 18.9 Å². The largest absolute Gasteiger partial charge is 0.492 e. The van der Waals surface area contributed by atoms with Crippen LogP contribution in [0.3, 0.4) is 0 Å². The molecular weight excluding hydrogens is 479 g/mol. The Labute approximate surface area is 215 Å². The number of rotatable bonds is 10. The van der Waals surface area contributed by atoms with E-state index >= 15 is 0 Å². The van der Waals surface area contributed by atoms with Crippen molar-refractivity contribution in [3.63, 3.8) is 0 Å². The second-order valence-electron chi connectivity index (χ2n) is 8.99. The van der Waals surface area contributed by atoms with Crippen molar-refractivity contribution in [3.8, 4) is 28.7 Å². The predicted molar refractivity (Wildman–Crippen MR) is 133 cm³/mol. The molecule has 2 aliphatic rings. The van der Waals surface area contributed by atoms with Crippen LogP contribution in [0.15, 0.2) is 54.6 Å². The third kappa shape index (κ3) is 5.49. The summed E-state index contributed by atoms with van der Waals surface area (Å²) < 4.78 is 48.4. The fraction of sp³-hybridized carbons (Fsp3) is 0.345. The Hall–Kier alpha value is -3.78. The number of ether oxygens (including phenoxy) is 6. The monoisotopic (exact) mass is 508 g/mol. The van der Waals surface area contributed by atoms with Crippen LogP contribution >= 0.6 is 0 Å². The third-order valence-electron chi connectivity index (χ3n) is 6.63. The Morgan fingerprint density at radius 2 is 1.78 bits per heavy atom. The Kier molecular flexibility index (Phi) is 7.46. The van der Waals surface area contributed by atoms with E-state index in [1.54, 1.807) is 19.2 Å². The number of carbonyl (C=O) groups is 1. The highest BCUT2D eigenvalue weighted by molar-refractivity contribution is 5.71. The lowest BCUT2D eigenvalue weighted by molar-refractivity contribution is -0.141. The van der Waals surface area contributed by atoms with Gasteiger partial charge in [-0.3, -0.25) is 4.79 Å². The van der Waals surface area contributed by atoms with Gasteiger partial charge in [0.2, 0.25) is 0 Å². The minimum absolute atomic E-state index is 0.0492. The van der Waals surface area contributed by atoms with Crippen molar-refractivity contribution in [3.05, 3.63) is 77.1 Å². The van der Waals surface area contributed by atoms with E-state index in [9.17, 15) is 9.18 Å². The van der Waals surface area contributed by atoms with Crippen molar-refractivity contribution in [2.24, 2.45) is 0 Å². The molecule has 0 aromatic heterocycles. The fourth-order valence-electron chi connectivity index (χ4n) is 4.78. The van der Waals surface area contributed by atoms with Gasteiger partial charge < -0.3 is 28.4 Å². The van der Waals surface area contributed by atoms with Gasteiger partial charge in [-0.15, -0.1) is 0 Å². The van der Waals surface area contributed by atoms with Gasteiger partial charge >= 0.3 is 5.97 Å². The fourth-order valence-corrected chi connectivity index (χ4v) is 4.78. The van der Waals surface area contributed by atoms with Crippen molar-refractivity contribution in [2.45, 2.75) is 31.3 Å². The lowest BCUT2D eigenvalue weighted by Crippen LogP contribution is -2.09. The van der Waals surface area contributed by atoms with E-state index in [2.05, 4.69) is 0 Å². The molecule has 0 spiro atoms. The first-order valence-corrected chi connectivity index (χ1v) is 12.3. The maximum Gasteiger partial charge on any atom is 0.306 e. The molecule has 194 valence electrons. The summed E-state index contributed by atoms with van der Waals surface area (Å²) >= 11 is 0. The lowest BCUT2D eigenvalue weighted by Gasteiger charge is -2.17. The number of methoxy groups -OCH3 is 2. The smallest absolute Gasteiger partial charge is 0.306 e. The lowest BCUT2D eigenvalue weighted by atomic mass is 9.98. The Bertz CT molecular complexity index is 1260. The topological polar surface area (TPSA) is 72.5 Å². The average molecular weight is 509 g/mol. The quantitative estimate of drug-likeness (QED) is 0.255. The zero-order valence-electron chi connectivity index (χ0n) is 20.8. The van der Waals surface area contributed by atoms with Crippen LogP contribution in [0.25, 0.3) is 0 Å². The van der Waals surface area contributed by atoms with Crippen molar-refractivity contribution < 1.29 is 37.6 Å². The molecular formula is C29H29FO7. The molecule has 1 aliphatic carbocycles. The van der Waals surface area contributed by atoms with Gasteiger partial charge in [-0.05, 0) is 55.3 Å². The summed E-state index contributed by atoms with van der Waals surface area (Å²) in [5.74, 6) is 2.59. The molecule has 37 heavy (non-hydrogen) atoms. The van der Waals surface area contributed by atoms with Gasteiger partial charge in [0.05, 0.1) is 26.7 Å². The molecule has 1 aliphatic heterocycles. The van der Waals surface area contributed by atoms with Crippen molar-refractivity contribution in [2.75, 3.05) is 34.0 Å². The van der Waals surface area contributed by atoms with Gasteiger partial charge in [-0.25, -0.2) is 4.39 Å². The summed E-state index contributed by atoms with van der Waals surface area (Å²) in [6.07, 6.45) is 1.08. The molecule has 0 fully saturated rings. The predicted octanol–water partition coefficient (Wildman–Crippen LogP) is 5.75. The summed E-state index contributed by atoms with van der Waals surface area (Å²) in [6.45, 7) is 1.39. The van der Waals surface area contributed by atoms with Crippen molar-refractivity contribution >= 4 is 5.97 Å². The van der Waals surface area contributed by atoms with Gasteiger partial charge in [-0.1, -0.05) is 6.07 Å². The summed E-state index contributed by atoms with van der Waals surface area (Å²) in [4.78, 5) is 11.7. The van der Waals surface area contributed by atoms with E-state index in [0.29, 0.717) is 61.2 Å². The standard InChI is InChI=1S/C29H29FO7/c1-32-13-14-34-19-3-5-20(6-4-19)36-25-12-10-24(30)29-23(25)9-11-26(29)37-21-7-8-22-18(15-28(31)33-2)17-35-27(22)16-21/h3-8,10,12,16,18,26H,9,11,13-15,17H2,1-2H3/t18-,26-/m1/s1. The Morgan fingerprint density at radius 1 is 1.00 bits per heavy atom. The molecule has 7 nitrogen and oxygen atoms in total. The molecule has 0 unspecified atom stereocenters. The maximum atomic E-state index is 15.0. The SMILES string of the molecule is COCCOc1ccc(Oc2ccc(F)c3c2CC[C@H]3Oc2ccc3c(c2)OC[C@H]3CC(=O)OC)cc1. The number of carbonyl (C=O) groups excluding carboxylic acids is 1. The first kappa shape index (κ1) is 24.9. The highest BCUT2D eigenvalue weighted by Crippen LogP contribution is 2.44. The van der Waals surface area contributed by atoms with Crippen LogP contribution in [0.1, 0.15) is 41.6 Å². The molecule has 0 amide bonds. The van der Waals surface area contributed by atoms with E-state index in [4.69, 9.17) is 28.4 Å². The molecule has 0 bridgehead atoms. The first-order chi connectivity index (χ1) is 18.1. The molecule has 0 N–H and O–H groups in total. The molecule has 0 radical (unpaired) electrons. The van der Waals surface area contributed by atoms with E-state index in [-0.39, 0.29) is 24.1 Å². The van der Waals surface area contributed by atoms with Crippen LogP contribution in [-0.4, -0.2) is 40.0 Å². The summed E-state index contributed by atoms with van der Waals surface area (Å²) in [5, 5.41) is 0. The number of hydrogen-bond donors (Lipinski definition) is 0. The van der Waals surface area contributed by atoms with Crippen LogP contribution in [0.2, 0.25) is 0 Å². The minimum atomic E-state index is -0.444. The third-order valence-corrected chi connectivity index (χ3v) is 6.63. The number of fused-ring (bicyclic) bond motifs is 2. The first-order valence-electron chi connectivity index (χ1n) is 12.3. The molecule has 3 aromatic carbocycles. The van der Waals surface area contributed by atoms with Crippen LogP contribution in [0.4, 0.5) is 4.39 Å². The Morgan fingerprint density at radius 3 is 2.57 bits per heavy atom. The van der Waals surface area contributed by atoms with Gasteiger partial charge in [-0.2, -0.15) is 0 Å². The summed E-state index contributed by atoms with van der Waals surface area (Å²) in [5.41, 5.74) is 2.27. The molecule has 8 heteroatoms. The molecule has 5 rings (SSSR count). The summed E-state index contributed by atoms with van der Waals surface area (Å²) in [7, 11) is 3.00. The molecule has 0 saturated heterocycles. The highest BCUT2D eigenvalue weighted by Gasteiger charge is 2.32. The van der Waals surface area contributed by atoms with Crippen LogP contribution in [0, 0.1) is 5.82 Å². The number of hydrogen-bond acceptors (Lipinski definition) is 7. The summed E-state index contributed by atoms with van der Waals surface area (Å²) in [6, 6.07) is 15.9. The Balaban J connectivity index is 1.28. The van der Waals surface area contributed by atoms with E-state index in [1.807, 2.05) is 36.4 Å². The maximum absolute atomic E-state index is 15.0. The van der Waals surface area contributed by atoms with E-state index < -0.39 is 6.10 Å². The number of halogens is 1. The normalized spacial score (nSPS) is 17.5. The second-order valence-corrected chi connectivity index (χ2v) is 8.99. The van der Waals surface area contributed by atoms with Crippen molar-refractivity contribution in [1.29, 1.82) is 0 Å². The van der Waals surface area contributed by atoms with Gasteiger partial charge in [0.15, 0.2) is 0 Å².